The monoisotopic (exact) mass is 213 g/mol. The molecule has 0 aromatic rings. The fourth-order valence-electron chi connectivity index (χ4n) is 1.98. The van der Waals surface area contributed by atoms with Crippen molar-refractivity contribution in [2.75, 3.05) is 32.7 Å². The highest BCUT2D eigenvalue weighted by atomic mass is 16.1. The van der Waals surface area contributed by atoms with E-state index in [2.05, 4.69) is 17.1 Å². The molecule has 1 aliphatic heterocycles. The lowest BCUT2D eigenvalue weighted by atomic mass is 10.1. The molecule has 1 atom stereocenters. The molecule has 1 heterocycles. The second kappa shape index (κ2) is 6.80. The van der Waals surface area contributed by atoms with E-state index in [9.17, 15) is 4.79 Å². The quantitative estimate of drug-likeness (QED) is 0.662. The van der Waals surface area contributed by atoms with Crippen molar-refractivity contribution < 1.29 is 4.79 Å². The van der Waals surface area contributed by atoms with Crippen LogP contribution < -0.4 is 11.1 Å². The molecule has 0 radical (unpaired) electrons. The number of carbonyl (C=O) groups excluding carboxylic acids is 1. The minimum atomic E-state index is 0.149. The second-order valence-corrected chi connectivity index (χ2v) is 4.24. The van der Waals surface area contributed by atoms with Gasteiger partial charge in [0.05, 0.1) is 0 Å². The Morgan fingerprint density at radius 1 is 1.60 bits per heavy atom. The van der Waals surface area contributed by atoms with Crippen molar-refractivity contribution in [2.45, 2.75) is 26.2 Å². The summed E-state index contributed by atoms with van der Waals surface area (Å²) in [5.41, 5.74) is 5.34. The zero-order chi connectivity index (χ0) is 11.1. The molecule has 1 fully saturated rings. The molecule has 0 aromatic heterocycles. The number of nitrogens with two attached hydrogens (primary N) is 1. The summed E-state index contributed by atoms with van der Waals surface area (Å²) in [5.74, 6) is 0.794. The molecule has 3 N–H and O–H groups in total. The first-order valence-electron chi connectivity index (χ1n) is 5.95. The van der Waals surface area contributed by atoms with Gasteiger partial charge in [0.25, 0.3) is 0 Å². The number of hydrogen-bond acceptors (Lipinski definition) is 3. The minimum absolute atomic E-state index is 0.149. The Balaban J connectivity index is 2.07. The highest BCUT2D eigenvalue weighted by Gasteiger charge is 2.21. The zero-order valence-electron chi connectivity index (χ0n) is 9.67. The average molecular weight is 213 g/mol. The van der Waals surface area contributed by atoms with Gasteiger partial charge < -0.3 is 16.0 Å². The number of nitrogens with zero attached hydrogens (tertiary/aromatic N) is 1. The van der Waals surface area contributed by atoms with Crippen LogP contribution >= 0.6 is 0 Å². The number of amides is 1. The van der Waals surface area contributed by atoms with E-state index >= 15 is 0 Å². The number of nitrogens with one attached hydrogen (secondary N) is 1. The highest BCUT2D eigenvalue weighted by molar-refractivity contribution is 5.75. The first-order chi connectivity index (χ1) is 7.26. The van der Waals surface area contributed by atoms with E-state index in [0.717, 1.165) is 26.1 Å². The molecular weight excluding hydrogens is 190 g/mol. The Bertz CT molecular complexity index is 196. The van der Waals surface area contributed by atoms with Gasteiger partial charge in [-0.2, -0.15) is 0 Å². The lowest BCUT2D eigenvalue weighted by molar-refractivity contribution is -0.121. The van der Waals surface area contributed by atoms with Gasteiger partial charge in [-0.15, -0.1) is 0 Å². The molecule has 4 heteroatoms. The normalized spacial score (nSPS) is 21.9. The second-order valence-electron chi connectivity index (χ2n) is 4.24. The summed E-state index contributed by atoms with van der Waals surface area (Å²) in [6.07, 6.45) is 2.57. The summed E-state index contributed by atoms with van der Waals surface area (Å²) in [4.78, 5) is 13.8. The predicted octanol–water partition coefficient (Wildman–Crippen LogP) is 0.183. The molecule has 1 rings (SSSR count). The molecule has 4 nitrogen and oxygen atoms in total. The Labute approximate surface area is 92.2 Å². The first-order valence-corrected chi connectivity index (χ1v) is 5.95. The van der Waals surface area contributed by atoms with Crippen molar-refractivity contribution in [2.24, 2.45) is 11.7 Å². The van der Waals surface area contributed by atoms with Crippen LogP contribution in [0.25, 0.3) is 0 Å². The van der Waals surface area contributed by atoms with Crippen molar-refractivity contribution in [3.05, 3.63) is 0 Å². The van der Waals surface area contributed by atoms with Gasteiger partial charge in [-0.1, -0.05) is 6.92 Å². The van der Waals surface area contributed by atoms with Crippen LogP contribution in [0.15, 0.2) is 0 Å². The van der Waals surface area contributed by atoms with Crippen molar-refractivity contribution in [3.63, 3.8) is 0 Å². The summed E-state index contributed by atoms with van der Waals surface area (Å²) < 4.78 is 0. The molecule has 15 heavy (non-hydrogen) atoms. The summed E-state index contributed by atoms with van der Waals surface area (Å²) >= 11 is 0. The van der Waals surface area contributed by atoms with Gasteiger partial charge in [-0.05, 0) is 38.4 Å². The molecule has 0 aliphatic carbocycles. The van der Waals surface area contributed by atoms with Crippen LogP contribution in [-0.2, 0) is 4.79 Å². The van der Waals surface area contributed by atoms with Crippen molar-refractivity contribution in [1.82, 2.24) is 10.2 Å². The molecule has 1 unspecified atom stereocenters. The number of likely N-dealkylation sites (tertiary alicyclic amines) is 1. The van der Waals surface area contributed by atoms with Gasteiger partial charge >= 0.3 is 0 Å². The van der Waals surface area contributed by atoms with E-state index in [0.29, 0.717) is 18.9 Å². The molecule has 1 amide bonds. The Kier molecular flexibility index (Phi) is 5.65. The van der Waals surface area contributed by atoms with Gasteiger partial charge in [-0.3, -0.25) is 4.79 Å². The van der Waals surface area contributed by atoms with E-state index in [1.54, 1.807) is 0 Å². The maximum atomic E-state index is 11.3. The SMILES string of the molecule is CCN1CCC(CNC(=O)CCCN)C1. The molecule has 1 aliphatic rings. The van der Waals surface area contributed by atoms with E-state index in [1.165, 1.54) is 13.0 Å². The lowest BCUT2D eigenvalue weighted by Crippen LogP contribution is -2.31. The van der Waals surface area contributed by atoms with Crippen LogP contribution in [0, 0.1) is 5.92 Å². The molecule has 0 aromatic carbocycles. The van der Waals surface area contributed by atoms with Gasteiger partial charge in [0, 0.05) is 19.5 Å². The summed E-state index contributed by atoms with van der Waals surface area (Å²) in [5, 5.41) is 2.98. The van der Waals surface area contributed by atoms with Crippen LogP contribution in [0.5, 0.6) is 0 Å². The number of carbonyl (C=O) groups is 1. The van der Waals surface area contributed by atoms with E-state index in [1.807, 2.05) is 0 Å². The third-order valence-corrected chi connectivity index (χ3v) is 3.01. The highest BCUT2D eigenvalue weighted by Crippen LogP contribution is 2.14. The Hall–Kier alpha value is -0.610. The first kappa shape index (κ1) is 12.5. The third-order valence-electron chi connectivity index (χ3n) is 3.01. The molecule has 88 valence electrons. The third kappa shape index (κ3) is 4.62. The van der Waals surface area contributed by atoms with Crippen LogP contribution in [-0.4, -0.2) is 43.5 Å². The topological polar surface area (TPSA) is 58.4 Å². The van der Waals surface area contributed by atoms with Gasteiger partial charge in [0.15, 0.2) is 0 Å². The van der Waals surface area contributed by atoms with E-state index in [4.69, 9.17) is 5.73 Å². The van der Waals surface area contributed by atoms with Crippen molar-refractivity contribution in [3.8, 4) is 0 Å². The molecule has 1 saturated heterocycles. The van der Waals surface area contributed by atoms with Crippen LogP contribution in [0.4, 0.5) is 0 Å². The Morgan fingerprint density at radius 3 is 3.00 bits per heavy atom. The molecule has 0 spiro atoms. The number of rotatable bonds is 6. The van der Waals surface area contributed by atoms with Gasteiger partial charge in [0.2, 0.25) is 5.91 Å². The fraction of sp³-hybridized carbons (Fsp3) is 0.909. The van der Waals surface area contributed by atoms with Gasteiger partial charge in [0.1, 0.15) is 0 Å². The van der Waals surface area contributed by atoms with Gasteiger partial charge in [-0.25, -0.2) is 0 Å². The maximum absolute atomic E-state index is 11.3. The largest absolute Gasteiger partial charge is 0.356 e. The van der Waals surface area contributed by atoms with Crippen LogP contribution in [0.3, 0.4) is 0 Å². The van der Waals surface area contributed by atoms with Crippen molar-refractivity contribution >= 4 is 5.91 Å². The predicted molar refractivity (Wildman–Crippen MR) is 61.5 cm³/mol. The lowest BCUT2D eigenvalue weighted by Gasteiger charge is -2.13. The van der Waals surface area contributed by atoms with Crippen LogP contribution in [0.1, 0.15) is 26.2 Å². The van der Waals surface area contributed by atoms with E-state index in [-0.39, 0.29) is 5.91 Å². The maximum Gasteiger partial charge on any atom is 0.220 e. The summed E-state index contributed by atoms with van der Waals surface area (Å²) in [7, 11) is 0. The van der Waals surface area contributed by atoms with E-state index < -0.39 is 0 Å². The van der Waals surface area contributed by atoms with Crippen molar-refractivity contribution in [1.29, 1.82) is 0 Å². The minimum Gasteiger partial charge on any atom is -0.356 e. The number of hydrogen-bond donors (Lipinski definition) is 2. The molecular formula is C11H23N3O. The summed E-state index contributed by atoms with van der Waals surface area (Å²) in [6, 6.07) is 0. The standard InChI is InChI=1S/C11H23N3O/c1-2-14-7-5-10(9-14)8-13-11(15)4-3-6-12/h10H,2-9,12H2,1H3,(H,13,15). The van der Waals surface area contributed by atoms with Crippen LogP contribution in [0.2, 0.25) is 0 Å². The zero-order valence-corrected chi connectivity index (χ0v) is 9.67. The average Bonchev–Trinajstić information content (AvgIpc) is 2.71. The fourth-order valence-corrected chi connectivity index (χ4v) is 1.98. The summed E-state index contributed by atoms with van der Waals surface area (Å²) in [6.45, 7) is 7.05. The smallest absolute Gasteiger partial charge is 0.220 e. The molecule has 0 bridgehead atoms. The Morgan fingerprint density at radius 2 is 2.40 bits per heavy atom. The molecule has 0 saturated carbocycles.